The Hall–Kier alpha value is -3.67. The van der Waals surface area contributed by atoms with Crippen molar-refractivity contribution < 1.29 is 18.7 Å². The highest BCUT2D eigenvalue weighted by Gasteiger charge is 2.33. The number of nitrogens with zero attached hydrogens (tertiary/aromatic N) is 1. The van der Waals surface area contributed by atoms with Gasteiger partial charge in [0, 0.05) is 19.5 Å². The number of hydrogen-bond donors (Lipinski definition) is 1. The van der Waals surface area contributed by atoms with Crippen LogP contribution in [0.4, 0.5) is 4.39 Å². The molecule has 37 heavy (non-hydrogen) atoms. The number of nitrogens with one attached hydrogen (secondary N) is 1. The van der Waals surface area contributed by atoms with E-state index >= 15 is 0 Å². The van der Waals surface area contributed by atoms with Crippen LogP contribution < -0.4 is 10.1 Å². The number of benzene rings is 3. The van der Waals surface area contributed by atoms with Crippen LogP contribution in [0.1, 0.15) is 61.9 Å². The van der Waals surface area contributed by atoms with Crippen LogP contribution in [0, 0.1) is 11.7 Å². The topological polar surface area (TPSA) is 58.6 Å². The van der Waals surface area contributed by atoms with E-state index in [1.54, 1.807) is 12.1 Å². The number of rotatable bonds is 9. The van der Waals surface area contributed by atoms with E-state index in [9.17, 15) is 14.0 Å². The second kappa shape index (κ2) is 12.0. The molecule has 2 unspecified atom stereocenters. The third-order valence-corrected chi connectivity index (χ3v) is 6.69. The fourth-order valence-corrected chi connectivity index (χ4v) is 4.79. The van der Waals surface area contributed by atoms with Crippen molar-refractivity contribution in [2.24, 2.45) is 5.92 Å². The minimum atomic E-state index is -0.645. The maximum absolute atomic E-state index is 13.7. The van der Waals surface area contributed by atoms with Crippen LogP contribution in [0.25, 0.3) is 0 Å². The van der Waals surface area contributed by atoms with Gasteiger partial charge < -0.3 is 15.0 Å². The minimum Gasteiger partial charge on any atom is -0.481 e. The third kappa shape index (κ3) is 6.56. The Labute approximate surface area is 218 Å². The number of hydrogen-bond acceptors (Lipinski definition) is 3. The van der Waals surface area contributed by atoms with Crippen molar-refractivity contribution in [1.29, 1.82) is 0 Å². The van der Waals surface area contributed by atoms with Gasteiger partial charge in [0.15, 0.2) is 6.10 Å². The van der Waals surface area contributed by atoms with Crippen LogP contribution in [0.5, 0.6) is 5.75 Å². The second-order valence-corrected chi connectivity index (χ2v) is 9.97. The lowest BCUT2D eigenvalue weighted by molar-refractivity contribution is -0.134. The second-order valence-electron chi connectivity index (χ2n) is 9.97. The summed E-state index contributed by atoms with van der Waals surface area (Å²) in [6.07, 6.45) is 1.04. The lowest BCUT2D eigenvalue weighted by Gasteiger charge is -2.38. The van der Waals surface area contributed by atoms with Crippen molar-refractivity contribution in [3.05, 3.63) is 101 Å². The molecule has 0 bridgehead atoms. The average Bonchev–Trinajstić information content (AvgIpc) is 2.90. The first-order valence-electron chi connectivity index (χ1n) is 13.0. The van der Waals surface area contributed by atoms with E-state index in [1.165, 1.54) is 12.1 Å². The van der Waals surface area contributed by atoms with Crippen molar-refractivity contribution in [1.82, 2.24) is 10.2 Å². The number of ether oxygens (including phenoxy) is 1. The molecule has 3 aromatic rings. The van der Waals surface area contributed by atoms with Crippen LogP contribution in [0.2, 0.25) is 0 Å². The van der Waals surface area contributed by atoms with Gasteiger partial charge in [0.1, 0.15) is 11.6 Å². The molecule has 2 atom stereocenters. The first-order chi connectivity index (χ1) is 17.9. The SMILES string of the molecule is CCC(Oc1ccc2c(c1)C(c1ccc(F)cc1)N(C(=O)CC(C)C)CC2)C(=O)NCc1ccccc1. The van der Waals surface area contributed by atoms with Gasteiger partial charge >= 0.3 is 0 Å². The normalized spacial score (nSPS) is 15.7. The number of carbonyl (C=O) groups excluding carboxylic acids is 2. The summed E-state index contributed by atoms with van der Waals surface area (Å²) in [6.45, 7) is 7.01. The summed E-state index contributed by atoms with van der Waals surface area (Å²) in [7, 11) is 0. The molecule has 0 fully saturated rings. The third-order valence-electron chi connectivity index (χ3n) is 6.69. The van der Waals surface area contributed by atoms with Crippen LogP contribution in [-0.4, -0.2) is 29.4 Å². The molecule has 6 heteroatoms. The monoisotopic (exact) mass is 502 g/mol. The van der Waals surface area contributed by atoms with Crippen molar-refractivity contribution in [2.45, 2.75) is 58.7 Å². The van der Waals surface area contributed by atoms with E-state index in [4.69, 9.17) is 4.74 Å². The van der Waals surface area contributed by atoms with E-state index in [-0.39, 0.29) is 29.6 Å². The Bertz CT molecular complexity index is 1210. The standard InChI is InChI=1S/C31H35FN2O3/c1-4-28(31(36)33-20-22-8-6-5-7-9-22)37-26-15-12-23-16-17-34(29(35)18-21(2)3)30(27(23)19-26)24-10-13-25(32)14-11-24/h5-15,19,21,28,30H,4,16-18,20H2,1-3H3,(H,33,36). The van der Waals surface area contributed by atoms with Gasteiger partial charge in [-0.25, -0.2) is 4.39 Å². The number of halogens is 1. The first kappa shape index (κ1) is 26.4. The largest absolute Gasteiger partial charge is 0.481 e. The Balaban J connectivity index is 1.58. The zero-order chi connectivity index (χ0) is 26.4. The molecule has 3 aromatic carbocycles. The van der Waals surface area contributed by atoms with Crippen molar-refractivity contribution in [3.63, 3.8) is 0 Å². The lowest BCUT2D eigenvalue weighted by Crippen LogP contribution is -2.41. The fourth-order valence-electron chi connectivity index (χ4n) is 4.79. The average molecular weight is 503 g/mol. The van der Waals surface area contributed by atoms with Crippen molar-refractivity contribution in [3.8, 4) is 5.75 Å². The number of fused-ring (bicyclic) bond motifs is 1. The molecule has 1 heterocycles. The van der Waals surface area contributed by atoms with Gasteiger partial charge in [-0.1, -0.05) is 69.3 Å². The van der Waals surface area contributed by atoms with Crippen LogP contribution in [0.15, 0.2) is 72.8 Å². The highest BCUT2D eigenvalue weighted by atomic mass is 19.1. The van der Waals surface area contributed by atoms with E-state index in [0.29, 0.717) is 31.7 Å². The van der Waals surface area contributed by atoms with Gasteiger partial charge in [-0.05, 0) is 65.3 Å². The molecule has 0 saturated heterocycles. The molecule has 194 valence electrons. The van der Waals surface area contributed by atoms with E-state index < -0.39 is 6.10 Å². The van der Waals surface area contributed by atoms with Gasteiger partial charge in [-0.3, -0.25) is 9.59 Å². The van der Waals surface area contributed by atoms with Crippen LogP contribution in [-0.2, 0) is 22.6 Å². The van der Waals surface area contributed by atoms with E-state index in [2.05, 4.69) is 5.32 Å². The molecule has 1 N–H and O–H groups in total. The highest BCUT2D eigenvalue weighted by Crippen LogP contribution is 2.38. The molecule has 0 aromatic heterocycles. The van der Waals surface area contributed by atoms with Gasteiger partial charge in [-0.15, -0.1) is 0 Å². The zero-order valence-electron chi connectivity index (χ0n) is 21.7. The fraction of sp³-hybridized carbons (Fsp3) is 0.355. The maximum Gasteiger partial charge on any atom is 0.261 e. The van der Waals surface area contributed by atoms with Gasteiger partial charge in [0.25, 0.3) is 5.91 Å². The highest BCUT2D eigenvalue weighted by molar-refractivity contribution is 5.81. The predicted octanol–water partition coefficient (Wildman–Crippen LogP) is 5.82. The number of carbonyl (C=O) groups is 2. The predicted molar refractivity (Wildman–Crippen MR) is 143 cm³/mol. The summed E-state index contributed by atoms with van der Waals surface area (Å²) in [5.41, 5.74) is 3.95. The molecule has 2 amide bonds. The molecular formula is C31H35FN2O3. The summed E-state index contributed by atoms with van der Waals surface area (Å²) in [5.74, 6) is 0.396. The minimum absolute atomic E-state index is 0.0769. The summed E-state index contributed by atoms with van der Waals surface area (Å²) in [6, 6.07) is 21.6. The lowest BCUT2D eigenvalue weighted by atomic mass is 9.87. The Morgan fingerprint density at radius 3 is 2.46 bits per heavy atom. The Kier molecular flexibility index (Phi) is 8.59. The van der Waals surface area contributed by atoms with Crippen LogP contribution >= 0.6 is 0 Å². The van der Waals surface area contributed by atoms with Crippen molar-refractivity contribution >= 4 is 11.8 Å². The maximum atomic E-state index is 13.7. The molecule has 5 nitrogen and oxygen atoms in total. The number of amides is 2. The summed E-state index contributed by atoms with van der Waals surface area (Å²) in [5, 5.41) is 2.96. The first-order valence-corrected chi connectivity index (χ1v) is 13.0. The van der Waals surface area contributed by atoms with Crippen molar-refractivity contribution in [2.75, 3.05) is 6.54 Å². The Morgan fingerprint density at radius 1 is 1.05 bits per heavy atom. The summed E-state index contributed by atoms with van der Waals surface area (Å²) < 4.78 is 19.9. The molecule has 0 spiro atoms. The molecular weight excluding hydrogens is 467 g/mol. The molecule has 4 rings (SSSR count). The molecule has 0 saturated carbocycles. The van der Waals surface area contributed by atoms with E-state index in [1.807, 2.05) is 74.2 Å². The molecule has 0 aliphatic carbocycles. The van der Waals surface area contributed by atoms with Gasteiger partial charge in [-0.2, -0.15) is 0 Å². The zero-order valence-corrected chi connectivity index (χ0v) is 21.7. The smallest absolute Gasteiger partial charge is 0.261 e. The summed E-state index contributed by atoms with van der Waals surface area (Å²) >= 11 is 0. The van der Waals surface area contributed by atoms with Gasteiger partial charge in [0.2, 0.25) is 5.91 Å². The summed E-state index contributed by atoms with van der Waals surface area (Å²) in [4.78, 5) is 28.0. The van der Waals surface area contributed by atoms with Gasteiger partial charge in [0.05, 0.1) is 6.04 Å². The van der Waals surface area contributed by atoms with Crippen LogP contribution in [0.3, 0.4) is 0 Å². The molecule has 1 aliphatic heterocycles. The Morgan fingerprint density at radius 2 is 1.78 bits per heavy atom. The van der Waals surface area contributed by atoms with E-state index in [0.717, 1.165) is 28.7 Å². The quantitative estimate of drug-likeness (QED) is 0.401. The molecule has 0 radical (unpaired) electrons. The molecule has 1 aliphatic rings.